The molecule has 0 saturated heterocycles. The van der Waals surface area contributed by atoms with E-state index in [1.165, 1.54) is 23.2 Å². The molecule has 1 aliphatic rings. The van der Waals surface area contributed by atoms with E-state index in [9.17, 15) is 9.59 Å². The van der Waals surface area contributed by atoms with Crippen LogP contribution in [0.2, 0.25) is 0 Å². The first kappa shape index (κ1) is 26.2. The number of amides is 1. The number of hydrazine groups is 1. The Bertz CT molecular complexity index is 1350. The van der Waals surface area contributed by atoms with Gasteiger partial charge in [0.05, 0.1) is 24.9 Å². The third-order valence-electron chi connectivity index (χ3n) is 7.57. The molecule has 194 valence electrons. The van der Waals surface area contributed by atoms with Crippen molar-refractivity contribution < 1.29 is 14.3 Å². The predicted octanol–water partition coefficient (Wildman–Crippen LogP) is 4.40. The van der Waals surface area contributed by atoms with Crippen molar-refractivity contribution in [2.75, 3.05) is 31.4 Å². The molecule has 4 rings (SSSR count). The lowest BCUT2D eigenvalue weighted by Gasteiger charge is -2.30. The van der Waals surface area contributed by atoms with Crippen LogP contribution in [-0.2, 0) is 22.5 Å². The van der Waals surface area contributed by atoms with Crippen LogP contribution in [-0.4, -0.2) is 37.5 Å². The summed E-state index contributed by atoms with van der Waals surface area (Å²) in [6, 6.07) is 16.0. The van der Waals surface area contributed by atoms with Crippen LogP contribution < -0.4 is 16.6 Å². The van der Waals surface area contributed by atoms with E-state index in [1.807, 2.05) is 56.0 Å². The van der Waals surface area contributed by atoms with Crippen molar-refractivity contribution in [2.45, 2.75) is 46.1 Å². The van der Waals surface area contributed by atoms with Crippen LogP contribution >= 0.6 is 0 Å². The summed E-state index contributed by atoms with van der Waals surface area (Å²) in [7, 11) is 3.14. The molecule has 0 radical (unpaired) electrons. The minimum Gasteiger partial charge on any atom is -0.469 e. The molecule has 0 aliphatic carbocycles. The van der Waals surface area contributed by atoms with Gasteiger partial charge in [-0.2, -0.15) is 0 Å². The molecule has 3 aromatic rings. The molecule has 1 unspecified atom stereocenters. The van der Waals surface area contributed by atoms with Crippen molar-refractivity contribution in [1.82, 2.24) is 4.90 Å². The summed E-state index contributed by atoms with van der Waals surface area (Å²) in [5.41, 5.74) is 15.9. The quantitative estimate of drug-likeness (QED) is 0.225. The molecular weight excluding hydrogens is 464 g/mol. The number of rotatable bonds is 6. The van der Waals surface area contributed by atoms with Gasteiger partial charge in [-0.3, -0.25) is 9.59 Å². The van der Waals surface area contributed by atoms with E-state index in [4.69, 9.17) is 16.3 Å². The number of aryl methyl sites for hydroxylation is 2. The van der Waals surface area contributed by atoms with Crippen LogP contribution in [0, 0.1) is 20.8 Å². The molecule has 0 bridgehead atoms. The number of hydrogen-bond acceptors (Lipinski definition) is 6. The average Bonchev–Trinajstić information content (AvgIpc) is 2.89. The Labute approximate surface area is 219 Å². The number of methoxy groups -OCH3 is 1. The molecule has 37 heavy (non-hydrogen) atoms. The Balaban J connectivity index is 1.68. The van der Waals surface area contributed by atoms with E-state index < -0.39 is 0 Å². The van der Waals surface area contributed by atoms with Gasteiger partial charge in [0.15, 0.2) is 0 Å². The number of carbonyl (C=O) groups is 2. The number of benzene rings is 3. The molecule has 7 heteroatoms. The highest BCUT2D eigenvalue weighted by atomic mass is 16.5. The van der Waals surface area contributed by atoms with Crippen molar-refractivity contribution in [3.63, 3.8) is 0 Å². The molecule has 0 aromatic heterocycles. The maximum absolute atomic E-state index is 13.3. The molecule has 3 aromatic carbocycles. The number of anilines is 2. The number of carbonyl (C=O) groups excluding carboxylic acids is 2. The molecule has 0 saturated carbocycles. The number of hydrogen-bond donors (Lipinski definition) is 2. The summed E-state index contributed by atoms with van der Waals surface area (Å²) in [5.74, 6) is 5.43. The number of fused-ring (bicyclic) bond motifs is 1. The maximum atomic E-state index is 13.3. The van der Waals surface area contributed by atoms with E-state index in [-0.39, 0.29) is 24.2 Å². The molecular formula is C30H36N4O3. The summed E-state index contributed by atoms with van der Waals surface area (Å²) < 4.78 is 5.03. The van der Waals surface area contributed by atoms with Gasteiger partial charge in [0, 0.05) is 31.6 Å². The first-order valence-corrected chi connectivity index (χ1v) is 12.5. The third kappa shape index (κ3) is 5.32. The fraction of sp³-hybridized carbons (Fsp3) is 0.333. The SMILES string of the molecule is COC(=O)CC(c1ccc2c(c1)CN(C(=O)c1ccc(C)c(C)c1)CC2)c1ccc(N(C)N)c(N)c1C. The van der Waals surface area contributed by atoms with E-state index in [0.717, 1.165) is 39.9 Å². The summed E-state index contributed by atoms with van der Waals surface area (Å²) in [5, 5.41) is 1.49. The van der Waals surface area contributed by atoms with Crippen LogP contribution in [0.5, 0.6) is 0 Å². The van der Waals surface area contributed by atoms with Gasteiger partial charge < -0.3 is 20.4 Å². The van der Waals surface area contributed by atoms with Gasteiger partial charge in [-0.25, -0.2) is 5.84 Å². The normalized spacial score (nSPS) is 13.6. The predicted molar refractivity (Wildman–Crippen MR) is 147 cm³/mol. The van der Waals surface area contributed by atoms with E-state index in [1.54, 1.807) is 7.05 Å². The topological polar surface area (TPSA) is 102 Å². The van der Waals surface area contributed by atoms with Gasteiger partial charge in [0.25, 0.3) is 5.91 Å². The highest BCUT2D eigenvalue weighted by molar-refractivity contribution is 5.94. The monoisotopic (exact) mass is 500 g/mol. The first-order valence-electron chi connectivity index (χ1n) is 12.5. The first-order chi connectivity index (χ1) is 17.6. The second-order valence-electron chi connectivity index (χ2n) is 9.96. The lowest BCUT2D eigenvalue weighted by atomic mass is 9.83. The van der Waals surface area contributed by atoms with Gasteiger partial charge in [-0.1, -0.05) is 30.3 Å². The van der Waals surface area contributed by atoms with E-state index in [2.05, 4.69) is 18.2 Å². The second-order valence-corrected chi connectivity index (χ2v) is 9.96. The zero-order chi connectivity index (χ0) is 26.9. The molecule has 1 heterocycles. The van der Waals surface area contributed by atoms with Crippen molar-refractivity contribution in [3.8, 4) is 0 Å². The number of nitrogens with two attached hydrogens (primary N) is 2. The minimum absolute atomic E-state index is 0.0374. The highest BCUT2D eigenvalue weighted by Gasteiger charge is 2.26. The zero-order valence-corrected chi connectivity index (χ0v) is 22.3. The van der Waals surface area contributed by atoms with Crippen LogP contribution in [0.4, 0.5) is 11.4 Å². The zero-order valence-electron chi connectivity index (χ0n) is 22.3. The van der Waals surface area contributed by atoms with Crippen LogP contribution in [0.1, 0.15) is 61.6 Å². The molecule has 1 aliphatic heterocycles. The lowest BCUT2D eigenvalue weighted by molar-refractivity contribution is -0.140. The maximum Gasteiger partial charge on any atom is 0.306 e. The Morgan fingerprint density at radius 2 is 1.78 bits per heavy atom. The van der Waals surface area contributed by atoms with Gasteiger partial charge in [0.1, 0.15) is 0 Å². The fourth-order valence-corrected chi connectivity index (χ4v) is 5.10. The number of nitrogen functional groups attached to an aromatic ring is 1. The number of esters is 1. The lowest BCUT2D eigenvalue weighted by Crippen LogP contribution is -2.36. The van der Waals surface area contributed by atoms with Crippen molar-refractivity contribution in [3.05, 3.63) is 93.0 Å². The Morgan fingerprint density at radius 3 is 2.46 bits per heavy atom. The van der Waals surface area contributed by atoms with Gasteiger partial charge >= 0.3 is 5.97 Å². The average molecular weight is 501 g/mol. The van der Waals surface area contributed by atoms with Crippen LogP contribution in [0.25, 0.3) is 0 Å². The van der Waals surface area contributed by atoms with Crippen LogP contribution in [0.15, 0.2) is 48.5 Å². The van der Waals surface area contributed by atoms with Gasteiger partial charge in [-0.05, 0) is 84.3 Å². The summed E-state index contributed by atoms with van der Waals surface area (Å²) in [4.78, 5) is 27.7. The molecule has 1 amide bonds. The van der Waals surface area contributed by atoms with Crippen LogP contribution in [0.3, 0.4) is 0 Å². The standard InChI is InChI=1S/C30H36N4O3/c1-18-6-7-23(14-19(18)2)30(36)34-13-12-21-8-9-22(15-24(21)17-34)26(16-28(35)37-5)25-10-11-27(33(4)32)29(31)20(25)3/h6-11,14-15,26H,12-13,16-17,31-32H2,1-5H3. The summed E-state index contributed by atoms with van der Waals surface area (Å²) in [6.07, 6.45) is 0.968. The minimum atomic E-state index is -0.299. The number of nitrogens with zero attached hydrogens (tertiary/aromatic N) is 2. The fourth-order valence-electron chi connectivity index (χ4n) is 5.10. The van der Waals surface area contributed by atoms with Gasteiger partial charge in [-0.15, -0.1) is 0 Å². The van der Waals surface area contributed by atoms with Crippen molar-refractivity contribution >= 4 is 23.3 Å². The Kier molecular flexibility index (Phi) is 7.55. The second kappa shape index (κ2) is 10.6. The summed E-state index contributed by atoms with van der Waals surface area (Å²) in [6.45, 7) is 7.22. The number of ether oxygens (including phenoxy) is 1. The smallest absolute Gasteiger partial charge is 0.306 e. The molecule has 0 spiro atoms. The third-order valence-corrected chi connectivity index (χ3v) is 7.57. The molecule has 7 nitrogen and oxygen atoms in total. The molecule has 4 N–H and O–H groups in total. The molecule has 1 atom stereocenters. The molecule has 0 fully saturated rings. The Morgan fingerprint density at radius 1 is 1.03 bits per heavy atom. The van der Waals surface area contributed by atoms with E-state index in [0.29, 0.717) is 24.3 Å². The largest absolute Gasteiger partial charge is 0.469 e. The van der Waals surface area contributed by atoms with Crippen molar-refractivity contribution in [2.24, 2.45) is 5.84 Å². The summed E-state index contributed by atoms with van der Waals surface area (Å²) >= 11 is 0. The van der Waals surface area contributed by atoms with Crippen molar-refractivity contribution in [1.29, 1.82) is 0 Å². The Hall–Kier alpha value is -3.84. The van der Waals surface area contributed by atoms with E-state index >= 15 is 0 Å². The van der Waals surface area contributed by atoms with Gasteiger partial charge in [0.2, 0.25) is 0 Å². The highest BCUT2D eigenvalue weighted by Crippen LogP contribution is 2.37.